The van der Waals surface area contributed by atoms with Gasteiger partial charge < -0.3 is 14.4 Å². The number of hydrogen-bond donors (Lipinski definition) is 0. The Morgan fingerprint density at radius 3 is 2.50 bits per heavy atom. The minimum atomic E-state index is -0.207. The summed E-state index contributed by atoms with van der Waals surface area (Å²) < 4.78 is 11.1. The van der Waals surface area contributed by atoms with Crippen LogP contribution in [0.15, 0.2) is 30.0 Å². The van der Waals surface area contributed by atoms with Crippen LogP contribution in [-0.4, -0.2) is 60.6 Å². The summed E-state index contributed by atoms with van der Waals surface area (Å²) in [6.07, 6.45) is 2.96. The molecule has 6 heteroatoms. The number of amides is 2. The van der Waals surface area contributed by atoms with Crippen LogP contribution in [0.3, 0.4) is 0 Å². The molecule has 0 radical (unpaired) electrons. The zero-order valence-electron chi connectivity index (χ0n) is 18.6. The molecule has 1 aromatic carbocycles. The van der Waals surface area contributed by atoms with Gasteiger partial charge in [-0.05, 0) is 63.6 Å². The molecule has 0 aliphatic carbocycles. The molecule has 2 amide bonds. The SMILES string of the molecule is CCOc1ccc(C2=C(N3CCCC(C)C3)C(=O)N(CCCOC(C)C)C2=O)cc1. The Hall–Kier alpha value is -2.34. The van der Waals surface area contributed by atoms with Crippen molar-refractivity contribution >= 4 is 17.4 Å². The van der Waals surface area contributed by atoms with Gasteiger partial charge in [-0.3, -0.25) is 14.5 Å². The Morgan fingerprint density at radius 2 is 1.87 bits per heavy atom. The monoisotopic (exact) mass is 414 g/mol. The zero-order valence-corrected chi connectivity index (χ0v) is 18.6. The lowest BCUT2D eigenvalue weighted by atomic mass is 9.97. The van der Waals surface area contributed by atoms with Gasteiger partial charge in [0.2, 0.25) is 0 Å². The van der Waals surface area contributed by atoms with Crippen LogP contribution >= 0.6 is 0 Å². The highest BCUT2D eigenvalue weighted by molar-refractivity contribution is 6.35. The molecule has 3 rings (SSSR count). The van der Waals surface area contributed by atoms with Gasteiger partial charge in [-0.25, -0.2) is 0 Å². The first-order valence-electron chi connectivity index (χ1n) is 11.1. The number of carbonyl (C=O) groups is 2. The smallest absolute Gasteiger partial charge is 0.277 e. The fraction of sp³-hybridized carbons (Fsp3) is 0.583. The Morgan fingerprint density at radius 1 is 1.13 bits per heavy atom. The first-order valence-corrected chi connectivity index (χ1v) is 11.1. The van der Waals surface area contributed by atoms with Crippen LogP contribution in [0, 0.1) is 5.92 Å². The van der Waals surface area contributed by atoms with E-state index in [1.807, 2.05) is 45.0 Å². The molecule has 6 nitrogen and oxygen atoms in total. The molecule has 2 aliphatic rings. The highest BCUT2D eigenvalue weighted by atomic mass is 16.5. The van der Waals surface area contributed by atoms with E-state index in [2.05, 4.69) is 11.8 Å². The quantitative estimate of drug-likeness (QED) is 0.455. The lowest BCUT2D eigenvalue weighted by Crippen LogP contribution is -2.39. The maximum atomic E-state index is 13.3. The van der Waals surface area contributed by atoms with Crippen molar-refractivity contribution in [2.75, 3.05) is 32.8 Å². The van der Waals surface area contributed by atoms with Crippen molar-refractivity contribution in [1.29, 1.82) is 0 Å². The first kappa shape index (κ1) is 22.3. The van der Waals surface area contributed by atoms with E-state index < -0.39 is 0 Å². The molecule has 2 aliphatic heterocycles. The molecule has 0 saturated carbocycles. The fourth-order valence-electron chi connectivity index (χ4n) is 4.14. The molecule has 0 spiro atoms. The maximum absolute atomic E-state index is 13.3. The third-order valence-electron chi connectivity index (χ3n) is 5.55. The van der Waals surface area contributed by atoms with Crippen molar-refractivity contribution in [3.05, 3.63) is 35.5 Å². The molecule has 2 heterocycles. The van der Waals surface area contributed by atoms with Gasteiger partial charge in [0.1, 0.15) is 11.4 Å². The van der Waals surface area contributed by atoms with Crippen LogP contribution in [-0.2, 0) is 14.3 Å². The van der Waals surface area contributed by atoms with Crippen molar-refractivity contribution in [3.8, 4) is 5.75 Å². The van der Waals surface area contributed by atoms with Gasteiger partial charge in [-0.1, -0.05) is 19.1 Å². The number of ether oxygens (including phenoxy) is 2. The van der Waals surface area contributed by atoms with E-state index in [-0.39, 0.29) is 17.9 Å². The summed E-state index contributed by atoms with van der Waals surface area (Å²) in [7, 11) is 0. The molecule has 164 valence electrons. The van der Waals surface area contributed by atoms with E-state index in [0.717, 1.165) is 37.2 Å². The van der Waals surface area contributed by atoms with Crippen molar-refractivity contribution in [2.24, 2.45) is 5.92 Å². The van der Waals surface area contributed by atoms with Crippen LogP contribution < -0.4 is 4.74 Å². The third kappa shape index (κ3) is 5.04. The first-order chi connectivity index (χ1) is 14.4. The van der Waals surface area contributed by atoms with Gasteiger partial charge in [0, 0.05) is 26.2 Å². The number of hydrogen-bond acceptors (Lipinski definition) is 5. The zero-order chi connectivity index (χ0) is 21.7. The van der Waals surface area contributed by atoms with Crippen molar-refractivity contribution in [3.63, 3.8) is 0 Å². The number of piperidine rings is 1. The molecule has 1 unspecified atom stereocenters. The minimum absolute atomic E-state index is 0.137. The fourth-order valence-corrected chi connectivity index (χ4v) is 4.14. The van der Waals surface area contributed by atoms with Gasteiger partial charge in [-0.2, -0.15) is 0 Å². The Balaban J connectivity index is 1.88. The molecule has 0 aromatic heterocycles. The number of benzene rings is 1. The second-order valence-electron chi connectivity index (χ2n) is 8.41. The average Bonchev–Trinajstić information content (AvgIpc) is 2.96. The molecule has 30 heavy (non-hydrogen) atoms. The number of imide groups is 1. The van der Waals surface area contributed by atoms with Crippen molar-refractivity contribution in [1.82, 2.24) is 9.80 Å². The van der Waals surface area contributed by atoms with Crippen molar-refractivity contribution in [2.45, 2.75) is 53.1 Å². The lowest BCUT2D eigenvalue weighted by molar-refractivity contribution is -0.137. The predicted octanol–water partition coefficient (Wildman–Crippen LogP) is 3.71. The molecule has 0 N–H and O–H groups in total. The Bertz CT molecular complexity index is 785. The van der Waals surface area contributed by atoms with Gasteiger partial charge >= 0.3 is 0 Å². The second-order valence-corrected chi connectivity index (χ2v) is 8.41. The molecule has 1 fully saturated rings. The average molecular weight is 415 g/mol. The molecular formula is C24H34N2O4. The Kier molecular flexibility index (Phi) is 7.53. The predicted molar refractivity (Wildman–Crippen MR) is 117 cm³/mol. The molecule has 0 bridgehead atoms. The second kappa shape index (κ2) is 10.1. The number of likely N-dealkylation sites (tertiary alicyclic amines) is 1. The lowest BCUT2D eigenvalue weighted by Gasteiger charge is -2.33. The van der Waals surface area contributed by atoms with Crippen LogP contribution in [0.5, 0.6) is 5.75 Å². The summed E-state index contributed by atoms with van der Waals surface area (Å²) in [6.45, 7) is 11.2. The van der Waals surface area contributed by atoms with Crippen LogP contribution in [0.25, 0.3) is 5.57 Å². The standard InChI is InChI=1S/C24H34N2O4/c1-5-29-20-11-9-19(10-12-20)21-22(25-13-6-8-18(4)16-25)24(28)26(23(21)27)14-7-15-30-17(2)3/h9-12,17-18H,5-8,13-16H2,1-4H3. The largest absolute Gasteiger partial charge is 0.494 e. The summed E-state index contributed by atoms with van der Waals surface area (Å²) in [5.74, 6) is 0.878. The van der Waals surface area contributed by atoms with Gasteiger partial charge in [0.15, 0.2) is 0 Å². The van der Waals surface area contributed by atoms with E-state index in [9.17, 15) is 9.59 Å². The van der Waals surface area contributed by atoms with Gasteiger partial charge in [0.25, 0.3) is 11.8 Å². The summed E-state index contributed by atoms with van der Waals surface area (Å²) in [5, 5.41) is 0. The van der Waals surface area contributed by atoms with Gasteiger partial charge in [0.05, 0.1) is 18.3 Å². The maximum Gasteiger partial charge on any atom is 0.277 e. The van der Waals surface area contributed by atoms with Crippen LogP contribution in [0.2, 0.25) is 0 Å². The molecule has 1 atom stereocenters. The highest BCUT2D eigenvalue weighted by Gasteiger charge is 2.41. The van der Waals surface area contributed by atoms with Crippen LogP contribution in [0.1, 0.15) is 52.5 Å². The highest BCUT2D eigenvalue weighted by Crippen LogP contribution is 2.34. The number of nitrogens with zero attached hydrogens (tertiary/aromatic N) is 2. The number of rotatable bonds is 9. The van der Waals surface area contributed by atoms with E-state index in [1.165, 1.54) is 4.90 Å². The summed E-state index contributed by atoms with van der Waals surface area (Å²) in [6, 6.07) is 7.48. The van der Waals surface area contributed by atoms with E-state index in [4.69, 9.17) is 9.47 Å². The summed E-state index contributed by atoms with van der Waals surface area (Å²) in [4.78, 5) is 30.2. The number of carbonyl (C=O) groups excluding carboxylic acids is 2. The molecule has 1 saturated heterocycles. The molecule has 1 aromatic rings. The van der Waals surface area contributed by atoms with E-state index in [0.29, 0.717) is 43.4 Å². The Labute approximate surface area is 179 Å². The third-order valence-corrected chi connectivity index (χ3v) is 5.55. The summed E-state index contributed by atoms with van der Waals surface area (Å²) in [5.41, 5.74) is 1.84. The summed E-state index contributed by atoms with van der Waals surface area (Å²) >= 11 is 0. The molecular weight excluding hydrogens is 380 g/mol. The van der Waals surface area contributed by atoms with Crippen molar-refractivity contribution < 1.29 is 19.1 Å². The van der Waals surface area contributed by atoms with E-state index >= 15 is 0 Å². The van der Waals surface area contributed by atoms with Gasteiger partial charge in [-0.15, -0.1) is 0 Å². The van der Waals surface area contributed by atoms with E-state index in [1.54, 1.807) is 0 Å². The topological polar surface area (TPSA) is 59.1 Å². The van der Waals surface area contributed by atoms with Crippen LogP contribution in [0.4, 0.5) is 0 Å². The normalized spacial score (nSPS) is 20.0. The minimum Gasteiger partial charge on any atom is -0.494 e.